The number of hydrogen-bond donors (Lipinski definition) is 6. The molecule has 37 heavy (non-hydrogen) atoms. The molecule has 0 heterocycles. The van der Waals surface area contributed by atoms with Crippen LogP contribution in [0.3, 0.4) is 0 Å². The molecule has 11 unspecified atom stereocenters. The minimum absolute atomic E-state index is 0.00847. The van der Waals surface area contributed by atoms with E-state index in [-0.39, 0.29) is 53.9 Å². The maximum Gasteiger partial charge on any atom is 0.330 e. The molecule has 0 aromatic heterocycles. The summed E-state index contributed by atoms with van der Waals surface area (Å²) >= 11 is 0. The molecule has 212 valence electrons. The summed E-state index contributed by atoms with van der Waals surface area (Å²) < 4.78 is 0. The SMILES string of the molecule is CC(=CC1C(C(C)=CCC(O)CC(O)C(C)C(O)C(C)C)C(C)=CC2(C)C(O)CC(O)C(C)C12)C(=O)O. The molecule has 0 aromatic carbocycles. The van der Waals surface area contributed by atoms with Gasteiger partial charge in [-0.25, -0.2) is 4.79 Å². The molecule has 0 saturated heterocycles. The zero-order valence-electron chi connectivity index (χ0n) is 23.8. The van der Waals surface area contributed by atoms with E-state index in [2.05, 4.69) is 6.08 Å². The van der Waals surface area contributed by atoms with Gasteiger partial charge in [-0.2, -0.15) is 0 Å². The second-order valence-electron chi connectivity index (χ2n) is 12.4. The van der Waals surface area contributed by atoms with Gasteiger partial charge in [-0.15, -0.1) is 0 Å². The number of allylic oxidation sites excluding steroid dienone is 3. The lowest BCUT2D eigenvalue weighted by Gasteiger charge is -2.56. The van der Waals surface area contributed by atoms with Gasteiger partial charge in [0.25, 0.3) is 0 Å². The van der Waals surface area contributed by atoms with Crippen LogP contribution in [-0.4, -0.2) is 67.1 Å². The number of aliphatic hydroxyl groups is 5. The average molecular weight is 523 g/mol. The van der Waals surface area contributed by atoms with Gasteiger partial charge in [-0.3, -0.25) is 0 Å². The predicted octanol–water partition coefficient (Wildman–Crippen LogP) is 3.70. The molecule has 1 fully saturated rings. The summed E-state index contributed by atoms with van der Waals surface area (Å²) in [6.45, 7) is 15.1. The normalized spacial score (nSPS) is 36.4. The van der Waals surface area contributed by atoms with Crippen molar-refractivity contribution in [3.8, 4) is 0 Å². The molecule has 0 aliphatic heterocycles. The van der Waals surface area contributed by atoms with E-state index < -0.39 is 41.9 Å². The van der Waals surface area contributed by atoms with E-state index in [1.54, 1.807) is 19.9 Å². The Morgan fingerprint density at radius 1 is 1.16 bits per heavy atom. The molecule has 0 aromatic rings. The Hall–Kier alpha value is -1.51. The fourth-order valence-electron chi connectivity index (χ4n) is 6.87. The zero-order chi connectivity index (χ0) is 28.4. The molecule has 11 atom stereocenters. The van der Waals surface area contributed by atoms with Crippen LogP contribution in [0.5, 0.6) is 0 Å². The first-order chi connectivity index (χ1) is 17.0. The van der Waals surface area contributed by atoms with Crippen LogP contribution in [0.2, 0.25) is 0 Å². The number of carboxylic acid groups (broad SMARTS) is 1. The van der Waals surface area contributed by atoms with E-state index in [1.807, 2.05) is 47.6 Å². The standard InChI is InChI=1S/C30H50O7/c1-15(2)28(35)20(7)23(32)12-21(31)10-9-16(3)26-18(5)14-30(8)25(34)13-24(33)19(6)27(30)22(26)11-17(4)29(36)37/h9,11,14-15,19-28,31-35H,10,12-13H2,1-8H3,(H,36,37). The summed E-state index contributed by atoms with van der Waals surface area (Å²) in [6, 6.07) is 0. The monoisotopic (exact) mass is 522 g/mol. The van der Waals surface area contributed by atoms with Gasteiger partial charge in [0.05, 0.1) is 30.5 Å². The van der Waals surface area contributed by atoms with Crippen LogP contribution in [0, 0.1) is 40.9 Å². The van der Waals surface area contributed by atoms with Gasteiger partial charge in [0, 0.05) is 29.2 Å². The summed E-state index contributed by atoms with van der Waals surface area (Å²) in [6.07, 6.45) is 2.86. The van der Waals surface area contributed by atoms with E-state index in [1.165, 1.54) is 0 Å². The summed E-state index contributed by atoms with van der Waals surface area (Å²) in [7, 11) is 0. The van der Waals surface area contributed by atoms with Crippen LogP contribution in [-0.2, 0) is 4.79 Å². The molecule has 1 saturated carbocycles. The van der Waals surface area contributed by atoms with Crippen LogP contribution in [0.1, 0.15) is 74.7 Å². The van der Waals surface area contributed by atoms with Gasteiger partial charge < -0.3 is 30.6 Å². The minimum atomic E-state index is -0.999. The molecule has 0 spiro atoms. The average Bonchev–Trinajstić information content (AvgIpc) is 2.79. The van der Waals surface area contributed by atoms with E-state index in [0.29, 0.717) is 6.42 Å². The van der Waals surface area contributed by atoms with Crippen molar-refractivity contribution in [3.05, 3.63) is 34.9 Å². The van der Waals surface area contributed by atoms with Gasteiger partial charge in [0.1, 0.15) is 0 Å². The van der Waals surface area contributed by atoms with Crippen molar-refractivity contribution in [1.82, 2.24) is 0 Å². The van der Waals surface area contributed by atoms with Crippen LogP contribution in [0.15, 0.2) is 34.9 Å². The third-order valence-corrected chi connectivity index (χ3v) is 9.23. The highest BCUT2D eigenvalue weighted by Crippen LogP contribution is 2.57. The molecule has 0 amide bonds. The highest BCUT2D eigenvalue weighted by atomic mass is 16.4. The number of aliphatic hydroxyl groups excluding tert-OH is 5. The molecule has 2 aliphatic rings. The number of carbonyl (C=O) groups is 1. The largest absolute Gasteiger partial charge is 0.478 e. The molecule has 7 heteroatoms. The van der Waals surface area contributed by atoms with Crippen molar-refractivity contribution < 1.29 is 35.4 Å². The zero-order valence-corrected chi connectivity index (χ0v) is 23.8. The van der Waals surface area contributed by atoms with Crippen molar-refractivity contribution >= 4 is 5.97 Å². The smallest absolute Gasteiger partial charge is 0.330 e. The first-order valence-corrected chi connectivity index (χ1v) is 13.7. The fourth-order valence-corrected chi connectivity index (χ4v) is 6.87. The van der Waals surface area contributed by atoms with Gasteiger partial charge in [-0.05, 0) is 57.3 Å². The third-order valence-electron chi connectivity index (χ3n) is 9.23. The highest BCUT2D eigenvalue weighted by molar-refractivity contribution is 5.85. The highest BCUT2D eigenvalue weighted by Gasteiger charge is 2.55. The van der Waals surface area contributed by atoms with Crippen molar-refractivity contribution in [2.45, 2.75) is 105 Å². The quantitative estimate of drug-likeness (QED) is 0.190. The topological polar surface area (TPSA) is 138 Å². The number of carboxylic acids is 1. The number of rotatable bonds is 10. The second-order valence-corrected chi connectivity index (χ2v) is 12.4. The lowest BCUT2D eigenvalue weighted by atomic mass is 9.50. The second kappa shape index (κ2) is 12.6. The molecule has 2 aliphatic carbocycles. The maximum atomic E-state index is 11.8. The Morgan fingerprint density at radius 3 is 2.30 bits per heavy atom. The van der Waals surface area contributed by atoms with Crippen molar-refractivity contribution in [2.75, 3.05) is 0 Å². The van der Waals surface area contributed by atoms with Crippen LogP contribution in [0.25, 0.3) is 0 Å². The Balaban J connectivity index is 2.37. The van der Waals surface area contributed by atoms with Crippen LogP contribution >= 0.6 is 0 Å². The summed E-state index contributed by atoms with van der Waals surface area (Å²) in [5.74, 6) is -2.08. The summed E-state index contributed by atoms with van der Waals surface area (Å²) in [5.41, 5.74) is 1.62. The van der Waals surface area contributed by atoms with Gasteiger partial charge >= 0.3 is 5.97 Å². The Labute approximate surface area is 222 Å². The first-order valence-electron chi connectivity index (χ1n) is 13.7. The van der Waals surface area contributed by atoms with Gasteiger partial charge in [0.2, 0.25) is 0 Å². The first kappa shape index (κ1) is 31.7. The van der Waals surface area contributed by atoms with Crippen molar-refractivity contribution in [3.63, 3.8) is 0 Å². The third kappa shape index (κ3) is 6.93. The lowest BCUT2D eigenvalue weighted by Crippen LogP contribution is -2.56. The Kier molecular flexibility index (Phi) is 10.8. The fraction of sp³-hybridized carbons (Fsp3) is 0.767. The van der Waals surface area contributed by atoms with Crippen molar-refractivity contribution in [2.24, 2.45) is 40.9 Å². The van der Waals surface area contributed by atoms with Crippen molar-refractivity contribution in [1.29, 1.82) is 0 Å². The molecular weight excluding hydrogens is 472 g/mol. The Bertz CT molecular complexity index is 890. The molecular formula is C30H50O7. The van der Waals surface area contributed by atoms with E-state index in [9.17, 15) is 35.4 Å². The summed E-state index contributed by atoms with van der Waals surface area (Å²) in [5, 5.41) is 62.8. The number of hydrogen-bond acceptors (Lipinski definition) is 6. The van der Waals surface area contributed by atoms with Crippen LogP contribution in [0.4, 0.5) is 0 Å². The number of fused-ring (bicyclic) bond motifs is 1. The molecule has 6 N–H and O–H groups in total. The molecule has 0 radical (unpaired) electrons. The molecule has 7 nitrogen and oxygen atoms in total. The van der Waals surface area contributed by atoms with E-state index in [4.69, 9.17) is 0 Å². The lowest BCUT2D eigenvalue weighted by molar-refractivity contribution is -0.132. The van der Waals surface area contributed by atoms with Gasteiger partial charge in [0.15, 0.2) is 0 Å². The van der Waals surface area contributed by atoms with Crippen LogP contribution < -0.4 is 0 Å². The predicted molar refractivity (Wildman–Crippen MR) is 145 cm³/mol. The van der Waals surface area contributed by atoms with Gasteiger partial charge in [-0.1, -0.05) is 64.0 Å². The Morgan fingerprint density at radius 2 is 1.76 bits per heavy atom. The minimum Gasteiger partial charge on any atom is -0.478 e. The molecule has 2 rings (SSSR count). The number of aliphatic carboxylic acids is 1. The maximum absolute atomic E-state index is 11.8. The molecule has 0 bridgehead atoms. The summed E-state index contributed by atoms with van der Waals surface area (Å²) in [4.78, 5) is 11.8. The van der Waals surface area contributed by atoms with E-state index >= 15 is 0 Å². The van der Waals surface area contributed by atoms with E-state index in [0.717, 1.165) is 11.1 Å².